The molecule has 0 saturated heterocycles. The highest BCUT2D eigenvalue weighted by molar-refractivity contribution is 5.75. The molecule has 2 aromatic carbocycles. The maximum absolute atomic E-state index is 15.1. The Hall–Kier alpha value is -2.30. The van der Waals surface area contributed by atoms with Gasteiger partial charge in [-0.05, 0) is 111 Å². The molecule has 2 saturated carbocycles. The van der Waals surface area contributed by atoms with Gasteiger partial charge >= 0.3 is 5.97 Å². The Morgan fingerprint density at radius 3 is 1.94 bits per heavy atom. The summed E-state index contributed by atoms with van der Waals surface area (Å²) in [6, 6.07) is 8.31. The van der Waals surface area contributed by atoms with Gasteiger partial charge in [-0.1, -0.05) is 44.9 Å². The van der Waals surface area contributed by atoms with Gasteiger partial charge in [0.05, 0.1) is 5.92 Å². The van der Waals surface area contributed by atoms with Crippen LogP contribution in [-0.4, -0.2) is 5.97 Å². The van der Waals surface area contributed by atoms with Crippen LogP contribution in [0.5, 0.6) is 5.75 Å². The standard InChI is InChI=1S/C31H39F3O2/c1-3-5-6-21-9-18-28(27(32)19-21)36-31(35)24-14-12-23(13-15-24)26-17-16-25(29(33)30(26)34)22-10-7-20(4-2)8-11-22/h9,16-20,22-24H,3-8,10-15H2,1-2H3. The van der Waals surface area contributed by atoms with Crippen LogP contribution in [0.4, 0.5) is 13.2 Å². The Kier molecular flexibility index (Phi) is 9.14. The quantitative estimate of drug-likeness (QED) is 0.267. The first-order valence-corrected chi connectivity index (χ1v) is 13.9. The number of aryl methyl sites for hydroxylation is 1. The van der Waals surface area contributed by atoms with Crippen molar-refractivity contribution < 1.29 is 22.7 Å². The van der Waals surface area contributed by atoms with Gasteiger partial charge in [0.15, 0.2) is 23.2 Å². The predicted octanol–water partition coefficient (Wildman–Crippen LogP) is 9.01. The molecular formula is C31H39F3O2. The monoisotopic (exact) mass is 500 g/mol. The normalized spacial score (nSPS) is 24.5. The van der Waals surface area contributed by atoms with Crippen LogP contribution < -0.4 is 4.74 Å². The molecular weight excluding hydrogens is 461 g/mol. The van der Waals surface area contributed by atoms with Crippen LogP contribution >= 0.6 is 0 Å². The number of unbranched alkanes of at least 4 members (excludes halogenated alkanes) is 1. The predicted molar refractivity (Wildman–Crippen MR) is 137 cm³/mol. The topological polar surface area (TPSA) is 26.3 Å². The Morgan fingerprint density at radius 2 is 1.42 bits per heavy atom. The number of carbonyl (C=O) groups excluding carboxylic acids is 1. The van der Waals surface area contributed by atoms with Crippen molar-refractivity contribution in [1.29, 1.82) is 0 Å². The lowest BCUT2D eigenvalue weighted by Crippen LogP contribution is -2.26. The van der Waals surface area contributed by atoms with E-state index in [1.807, 2.05) is 0 Å². The SMILES string of the molecule is CCCCc1ccc(OC(=O)C2CCC(c3ccc(C4CCC(CC)CC4)c(F)c3F)CC2)c(F)c1. The number of hydrogen-bond acceptors (Lipinski definition) is 2. The molecule has 2 aromatic rings. The fraction of sp³-hybridized carbons (Fsp3) is 0.581. The molecule has 0 atom stereocenters. The van der Waals surface area contributed by atoms with Crippen molar-refractivity contribution in [2.24, 2.45) is 11.8 Å². The molecule has 0 radical (unpaired) electrons. The number of ether oxygens (including phenoxy) is 1. The second-order valence-corrected chi connectivity index (χ2v) is 10.8. The fourth-order valence-corrected chi connectivity index (χ4v) is 6.09. The minimum Gasteiger partial charge on any atom is -0.423 e. The third-order valence-electron chi connectivity index (χ3n) is 8.53. The van der Waals surface area contributed by atoms with Crippen LogP contribution in [-0.2, 0) is 11.2 Å². The smallest absolute Gasteiger partial charge is 0.314 e. The third-order valence-corrected chi connectivity index (χ3v) is 8.53. The molecule has 0 N–H and O–H groups in total. The molecule has 0 aliphatic heterocycles. The number of hydrogen-bond donors (Lipinski definition) is 0. The summed E-state index contributed by atoms with van der Waals surface area (Å²) in [7, 11) is 0. The van der Waals surface area contributed by atoms with Crippen LogP contribution in [0.1, 0.15) is 113 Å². The molecule has 196 valence electrons. The molecule has 5 heteroatoms. The van der Waals surface area contributed by atoms with Gasteiger partial charge in [0.25, 0.3) is 0 Å². The number of rotatable bonds is 8. The van der Waals surface area contributed by atoms with Crippen molar-refractivity contribution in [3.63, 3.8) is 0 Å². The molecule has 0 aromatic heterocycles. The van der Waals surface area contributed by atoms with Gasteiger partial charge in [0.2, 0.25) is 0 Å². The number of carbonyl (C=O) groups is 1. The zero-order valence-electron chi connectivity index (χ0n) is 21.6. The largest absolute Gasteiger partial charge is 0.423 e. The molecule has 0 amide bonds. The average molecular weight is 501 g/mol. The molecule has 36 heavy (non-hydrogen) atoms. The lowest BCUT2D eigenvalue weighted by Gasteiger charge is -2.30. The van der Waals surface area contributed by atoms with E-state index in [4.69, 9.17) is 4.74 Å². The lowest BCUT2D eigenvalue weighted by atomic mass is 9.76. The van der Waals surface area contributed by atoms with E-state index in [1.54, 1.807) is 18.2 Å². The van der Waals surface area contributed by atoms with Crippen LogP contribution in [0, 0.1) is 29.3 Å². The van der Waals surface area contributed by atoms with Crippen molar-refractivity contribution in [1.82, 2.24) is 0 Å². The fourth-order valence-electron chi connectivity index (χ4n) is 6.09. The number of esters is 1. The van der Waals surface area contributed by atoms with Gasteiger partial charge in [0.1, 0.15) is 0 Å². The summed E-state index contributed by atoms with van der Waals surface area (Å²) in [5.41, 5.74) is 1.83. The number of halogens is 3. The summed E-state index contributed by atoms with van der Waals surface area (Å²) < 4.78 is 50.0. The van der Waals surface area contributed by atoms with Gasteiger partial charge in [0, 0.05) is 0 Å². The molecule has 0 spiro atoms. The van der Waals surface area contributed by atoms with Crippen LogP contribution in [0.25, 0.3) is 0 Å². The van der Waals surface area contributed by atoms with Gasteiger partial charge < -0.3 is 4.74 Å². The third kappa shape index (κ3) is 6.15. The van der Waals surface area contributed by atoms with E-state index in [1.165, 1.54) is 12.1 Å². The van der Waals surface area contributed by atoms with Crippen molar-refractivity contribution >= 4 is 5.97 Å². The highest BCUT2D eigenvalue weighted by Crippen LogP contribution is 2.42. The van der Waals surface area contributed by atoms with E-state index in [-0.39, 0.29) is 23.5 Å². The summed E-state index contributed by atoms with van der Waals surface area (Å²) in [6.45, 7) is 4.28. The van der Waals surface area contributed by atoms with E-state index >= 15 is 8.78 Å². The minimum atomic E-state index is -0.721. The molecule has 2 fully saturated rings. The molecule has 2 aliphatic carbocycles. The summed E-state index contributed by atoms with van der Waals surface area (Å²) in [6.07, 6.45) is 10.2. The highest BCUT2D eigenvalue weighted by atomic mass is 19.2. The van der Waals surface area contributed by atoms with Crippen molar-refractivity contribution in [2.45, 2.75) is 103 Å². The average Bonchev–Trinajstić information content (AvgIpc) is 2.90. The van der Waals surface area contributed by atoms with E-state index in [2.05, 4.69) is 13.8 Å². The Labute approximate surface area is 213 Å². The van der Waals surface area contributed by atoms with Crippen molar-refractivity contribution in [3.05, 3.63) is 64.5 Å². The van der Waals surface area contributed by atoms with Crippen molar-refractivity contribution in [2.75, 3.05) is 0 Å². The Balaban J connectivity index is 1.34. The van der Waals surface area contributed by atoms with E-state index in [0.717, 1.165) is 56.9 Å². The van der Waals surface area contributed by atoms with E-state index in [9.17, 15) is 9.18 Å². The van der Waals surface area contributed by atoms with Gasteiger partial charge in [-0.3, -0.25) is 4.79 Å². The molecule has 2 aliphatic rings. The maximum Gasteiger partial charge on any atom is 0.314 e. The summed E-state index contributed by atoms with van der Waals surface area (Å²) in [5, 5.41) is 0. The number of benzene rings is 2. The molecule has 4 rings (SSSR count). The highest BCUT2D eigenvalue weighted by Gasteiger charge is 2.32. The Morgan fingerprint density at radius 1 is 0.833 bits per heavy atom. The van der Waals surface area contributed by atoms with Crippen LogP contribution in [0.2, 0.25) is 0 Å². The first-order chi connectivity index (χ1) is 17.4. The second-order valence-electron chi connectivity index (χ2n) is 10.8. The Bertz CT molecular complexity index is 1030. The van der Waals surface area contributed by atoms with Gasteiger partial charge in [-0.25, -0.2) is 13.2 Å². The summed E-state index contributed by atoms with van der Waals surface area (Å²) in [4.78, 5) is 12.7. The molecule has 0 unspecified atom stereocenters. The lowest BCUT2D eigenvalue weighted by molar-refractivity contribution is -0.140. The van der Waals surface area contributed by atoms with E-state index < -0.39 is 23.4 Å². The summed E-state index contributed by atoms with van der Waals surface area (Å²) >= 11 is 0. The zero-order chi connectivity index (χ0) is 25.7. The van der Waals surface area contributed by atoms with E-state index in [0.29, 0.717) is 42.7 Å². The first kappa shape index (κ1) is 26.8. The van der Waals surface area contributed by atoms with Crippen LogP contribution in [0.15, 0.2) is 30.3 Å². The summed E-state index contributed by atoms with van der Waals surface area (Å²) in [5.74, 6) is -2.10. The molecule has 2 nitrogen and oxygen atoms in total. The second kappa shape index (κ2) is 12.3. The van der Waals surface area contributed by atoms with Crippen molar-refractivity contribution in [3.8, 4) is 5.75 Å². The van der Waals surface area contributed by atoms with Crippen LogP contribution in [0.3, 0.4) is 0 Å². The zero-order valence-corrected chi connectivity index (χ0v) is 21.6. The van der Waals surface area contributed by atoms with Gasteiger partial charge in [-0.2, -0.15) is 0 Å². The van der Waals surface area contributed by atoms with Gasteiger partial charge in [-0.15, -0.1) is 0 Å². The maximum atomic E-state index is 15.1. The first-order valence-electron chi connectivity index (χ1n) is 13.9. The molecule has 0 heterocycles. The minimum absolute atomic E-state index is 0.0425. The molecule has 0 bridgehead atoms.